The van der Waals surface area contributed by atoms with Gasteiger partial charge in [-0.25, -0.2) is 9.78 Å². The molecule has 0 atom stereocenters. The highest BCUT2D eigenvalue weighted by atomic mass is 32.1. The standard InChI is InChI=1S/C17H16N4O3S/c1-10(22)18-17-21-14-8-5-12(9-15(14)25-17)20-16(23)19-11-3-6-13(24-2)7-4-11/h3-9H,1-2H3,(H,18,21,22)(H2,19,20,23). The summed E-state index contributed by atoms with van der Waals surface area (Å²) in [6.45, 7) is 1.43. The highest BCUT2D eigenvalue weighted by molar-refractivity contribution is 7.22. The molecular weight excluding hydrogens is 340 g/mol. The number of fused-ring (bicyclic) bond motifs is 1. The minimum Gasteiger partial charge on any atom is -0.497 e. The molecule has 0 spiro atoms. The number of aromatic nitrogens is 1. The Labute approximate surface area is 148 Å². The Hall–Kier alpha value is -3.13. The van der Waals surface area contributed by atoms with E-state index >= 15 is 0 Å². The Balaban J connectivity index is 1.68. The lowest BCUT2D eigenvalue weighted by Gasteiger charge is -2.08. The highest BCUT2D eigenvalue weighted by Crippen LogP contribution is 2.28. The van der Waals surface area contributed by atoms with Gasteiger partial charge in [0, 0.05) is 18.3 Å². The number of nitrogens with one attached hydrogen (secondary N) is 3. The van der Waals surface area contributed by atoms with E-state index in [4.69, 9.17) is 4.74 Å². The number of anilines is 3. The smallest absolute Gasteiger partial charge is 0.323 e. The summed E-state index contributed by atoms with van der Waals surface area (Å²) in [6.07, 6.45) is 0. The predicted molar refractivity (Wildman–Crippen MR) is 99.6 cm³/mol. The highest BCUT2D eigenvalue weighted by Gasteiger charge is 2.08. The van der Waals surface area contributed by atoms with Crippen molar-refractivity contribution in [2.75, 3.05) is 23.1 Å². The summed E-state index contributed by atoms with van der Waals surface area (Å²) in [5.74, 6) is 0.549. The fourth-order valence-electron chi connectivity index (χ4n) is 2.17. The molecule has 0 aliphatic heterocycles. The van der Waals surface area contributed by atoms with Crippen molar-refractivity contribution < 1.29 is 14.3 Å². The first kappa shape index (κ1) is 16.7. The van der Waals surface area contributed by atoms with Crippen LogP contribution in [0.2, 0.25) is 0 Å². The molecule has 7 nitrogen and oxygen atoms in total. The van der Waals surface area contributed by atoms with Gasteiger partial charge in [-0.05, 0) is 42.5 Å². The van der Waals surface area contributed by atoms with Gasteiger partial charge >= 0.3 is 6.03 Å². The number of carbonyl (C=O) groups is 2. The zero-order valence-corrected chi connectivity index (χ0v) is 14.4. The molecule has 25 heavy (non-hydrogen) atoms. The van der Waals surface area contributed by atoms with Crippen LogP contribution >= 0.6 is 11.3 Å². The Bertz CT molecular complexity index is 921. The monoisotopic (exact) mass is 356 g/mol. The van der Waals surface area contributed by atoms with Gasteiger partial charge in [-0.2, -0.15) is 0 Å². The van der Waals surface area contributed by atoms with E-state index in [0.717, 1.165) is 16.0 Å². The van der Waals surface area contributed by atoms with Crippen LogP contribution in [0, 0.1) is 0 Å². The van der Waals surface area contributed by atoms with Crippen LogP contribution in [0.1, 0.15) is 6.92 Å². The average molecular weight is 356 g/mol. The molecule has 2 aromatic carbocycles. The van der Waals surface area contributed by atoms with Crippen molar-refractivity contribution in [3.05, 3.63) is 42.5 Å². The minimum absolute atomic E-state index is 0.170. The van der Waals surface area contributed by atoms with Crippen LogP contribution in [0.4, 0.5) is 21.3 Å². The summed E-state index contributed by atoms with van der Waals surface area (Å²) >= 11 is 1.35. The van der Waals surface area contributed by atoms with Gasteiger partial charge in [0.05, 0.1) is 17.3 Å². The molecule has 0 fully saturated rings. The minimum atomic E-state index is -0.351. The Morgan fingerprint density at radius 3 is 2.36 bits per heavy atom. The summed E-state index contributed by atoms with van der Waals surface area (Å²) in [6, 6.07) is 12.1. The van der Waals surface area contributed by atoms with Crippen molar-refractivity contribution in [2.45, 2.75) is 6.92 Å². The molecule has 3 N–H and O–H groups in total. The fraction of sp³-hybridized carbons (Fsp3) is 0.118. The maximum absolute atomic E-state index is 12.1. The van der Waals surface area contributed by atoms with Crippen LogP contribution in [-0.2, 0) is 4.79 Å². The van der Waals surface area contributed by atoms with Crippen molar-refractivity contribution in [1.29, 1.82) is 0 Å². The second-order valence-corrected chi connectivity index (χ2v) is 6.22. The molecule has 1 heterocycles. The van der Waals surface area contributed by atoms with E-state index in [2.05, 4.69) is 20.9 Å². The summed E-state index contributed by atoms with van der Waals surface area (Å²) in [4.78, 5) is 27.5. The zero-order valence-electron chi connectivity index (χ0n) is 13.6. The Kier molecular flexibility index (Phi) is 4.80. The Morgan fingerprint density at radius 1 is 1.00 bits per heavy atom. The van der Waals surface area contributed by atoms with Crippen LogP contribution in [0.15, 0.2) is 42.5 Å². The molecule has 3 amide bonds. The maximum Gasteiger partial charge on any atom is 0.323 e. The zero-order chi connectivity index (χ0) is 17.8. The van der Waals surface area contributed by atoms with Crippen molar-refractivity contribution >= 4 is 50.0 Å². The summed E-state index contributed by atoms with van der Waals surface area (Å²) < 4.78 is 5.94. The molecule has 0 radical (unpaired) electrons. The van der Waals surface area contributed by atoms with Crippen molar-refractivity contribution in [2.24, 2.45) is 0 Å². The summed E-state index contributed by atoms with van der Waals surface area (Å²) in [5, 5.41) is 8.70. The molecule has 1 aromatic heterocycles. The SMILES string of the molecule is COc1ccc(NC(=O)Nc2ccc3nc(NC(C)=O)sc3c2)cc1. The molecule has 0 saturated heterocycles. The third-order valence-corrected chi connectivity index (χ3v) is 4.21. The lowest BCUT2D eigenvalue weighted by molar-refractivity contribution is -0.114. The first-order valence-electron chi connectivity index (χ1n) is 7.44. The molecule has 0 aliphatic carbocycles. The van der Waals surface area contributed by atoms with E-state index in [0.29, 0.717) is 16.5 Å². The van der Waals surface area contributed by atoms with Crippen LogP contribution in [0.25, 0.3) is 10.2 Å². The Morgan fingerprint density at radius 2 is 1.68 bits per heavy atom. The van der Waals surface area contributed by atoms with E-state index in [1.54, 1.807) is 43.5 Å². The number of benzene rings is 2. The van der Waals surface area contributed by atoms with Gasteiger partial charge in [0.2, 0.25) is 5.91 Å². The molecule has 0 unspecified atom stereocenters. The second kappa shape index (κ2) is 7.18. The van der Waals surface area contributed by atoms with E-state index < -0.39 is 0 Å². The quantitative estimate of drug-likeness (QED) is 0.661. The number of methoxy groups -OCH3 is 1. The van der Waals surface area contributed by atoms with Gasteiger partial charge in [0.25, 0.3) is 0 Å². The van der Waals surface area contributed by atoms with Crippen molar-refractivity contribution in [3.8, 4) is 5.75 Å². The molecule has 0 bridgehead atoms. The van der Waals surface area contributed by atoms with Crippen LogP contribution in [-0.4, -0.2) is 24.0 Å². The normalized spacial score (nSPS) is 10.3. The molecule has 128 valence electrons. The first-order valence-corrected chi connectivity index (χ1v) is 8.25. The lowest BCUT2D eigenvalue weighted by atomic mass is 10.3. The van der Waals surface area contributed by atoms with Gasteiger partial charge in [-0.15, -0.1) is 0 Å². The molecule has 3 aromatic rings. The number of ether oxygens (including phenoxy) is 1. The van der Waals surface area contributed by atoms with Crippen LogP contribution < -0.4 is 20.7 Å². The van der Waals surface area contributed by atoms with Crippen molar-refractivity contribution in [3.63, 3.8) is 0 Å². The van der Waals surface area contributed by atoms with Crippen molar-refractivity contribution in [1.82, 2.24) is 4.98 Å². The number of amides is 3. The van der Waals surface area contributed by atoms with Crippen LogP contribution in [0.3, 0.4) is 0 Å². The van der Waals surface area contributed by atoms with E-state index in [9.17, 15) is 9.59 Å². The largest absolute Gasteiger partial charge is 0.497 e. The van der Waals surface area contributed by atoms with E-state index in [-0.39, 0.29) is 11.9 Å². The summed E-state index contributed by atoms with van der Waals surface area (Å²) in [5.41, 5.74) is 2.05. The number of hydrogen-bond donors (Lipinski definition) is 3. The lowest BCUT2D eigenvalue weighted by Crippen LogP contribution is -2.19. The average Bonchev–Trinajstić information content (AvgIpc) is 2.96. The number of thiazole rings is 1. The number of urea groups is 1. The third kappa shape index (κ3) is 4.24. The van der Waals surface area contributed by atoms with Gasteiger partial charge in [0.15, 0.2) is 5.13 Å². The first-order chi connectivity index (χ1) is 12.0. The van der Waals surface area contributed by atoms with Gasteiger partial charge in [-0.1, -0.05) is 11.3 Å². The second-order valence-electron chi connectivity index (χ2n) is 5.19. The third-order valence-electron chi connectivity index (χ3n) is 3.28. The molecule has 3 rings (SSSR count). The number of hydrogen-bond acceptors (Lipinski definition) is 5. The molecule has 8 heteroatoms. The molecule has 0 aliphatic rings. The number of nitrogens with zero attached hydrogens (tertiary/aromatic N) is 1. The van der Waals surface area contributed by atoms with Crippen LogP contribution in [0.5, 0.6) is 5.75 Å². The molecular formula is C17H16N4O3S. The molecule has 0 saturated carbocycles. The summed E-state index contributed by atoms with van der Waals surface area (Å²) in [7, 11) is 1.59. The van der Waals surface area contributed by atoms with E-state index in [1.165, 1.54) is 18.3 Å². The number of carbonyl (C=O) groups excluding carboxylic acids is 2. The van der Waals surface area contributed by atoms with Gasteiger partial charge < -0.3 is 20.7 Å². The predicted octanol–water partition coefficient (Wildman–Crippen LogP) is 3.91. The number of rotatable bonds is 4. The van der Waals surface area contributed by atoms with Gasteiger partial charge in [0.1, 0.15) is 5.75 Å². The topological polar surface area (TPSA) is 92.3 Å². The van der Waals surface area contributed by atoms with Gasteiger partial charge in [-0.3, -0.25) is 4.79 Å². The maximum atomic E-state index is 12.1. The fourth-order valence-corrected chi connectivity index (χ4v) is 3.13. The van der Waals surface area contributed by atoms with E-state index in [1.807, 2.05) is 6.07 Å².